The second-order valence-corrected chi connectivity index (χ2v) is 5.97. The minimum atomic E-state index is -3.40. The van der Waals surface area contributed by atoms with Gasteiger partial charge in [0.05, 0.1) is 11.4 Å². The maximum Gasteiger partial charge on any atom is 0.240 e. The van der Waals surface area contributed by atoms with Gasteiger partial charge >= 0.3 is 0 Å². The van der Waals surface area contributed by atoms with Gasteiger partial charge in [0, 0.05) is 12.2 Å². The van der Waals surface area contributed by atoms with Crippen molar-refractivity contribution < 1.29 is 8.42 Å². The highest BCUT2D eigenvalue weighted by Crippen LogP contribution is 2.14. The fraction of sp³-hybridized carbons (Fsp3) is 0.333. The molecular weight excluding hydrogens is 278 g/mol. The third-order valence-electron chi connectivity index (χ3n) is 2.63. The van der Waals surface area contributed by atoms with Gasteiger partial charge in [0.15, 0.2) is 0 Å². The quantitative estimate of drug-likeness (QED) is 0.710. The number of nitrogens with one attached hydrogen (secondary N) is 3. The predicted octanol–water partition coefficient (Wildman–Crippen LogP) is 1.11. The third kappa shape index (κ3) is 3.78. The highest BCUT2D eigenvalue weighted by molar-refractivity contribution is 7.89. The first-order chi connectivity index (χ1) is 9.62. The monoisotopic (exact) mass is 295 g/mol. The molecule has 0 unspecified atom stereocenters. The predicted molar refractivity (Wildman–Crippen MR) is 75.6 cm³/mol. The molecule has 1 aromatic carbocycles. The maximum absolute atomic E-state index is 11.9. The van der Waals surface area contributed by atoms with Gasteiger partial charge in [-0.2, -0.15) is 5.10 Å². The number of benzene rings is 1. The molecule has 2 rings (SSSR count). The number of H-pyrrole nitrogens is 1. The van der Waals surface area contributed by atoms with Crippen LogP contribution in [0.4, 0.5) is 5.69 Å². The molecule has 108 valence electrons. The van der Waals surface area contributed by atoms with Crippen molar-refractivity contribution in [2.45, 2.75) is 24.8 Å². The summed E-state index contributed by atoms with van der Waals surface area (Å²) in [5.74, 6) is 0.714. The van der Waals surface area contributed by atoms with E-state index < -0.39 is 10.0 Å². The highest BCUT2D eigenvalue weighted by Gasteiger charge is 2.12. The van der Waals surface area contributed by atoms with Crippen molar-refractivity contribution in [1.29, 1.82) is 0 Å². The normalized spacial score (nSPS) is 11.4. The van der Waals surface area contributed by atoms with E-state index in [-0.39, 0.29) is 4.90 Å². The number of aromatic nitrogens is 3. The Morgan fingerprint density at radius 2 is 2.00 bits per heavy atom. The Bertz CT molecular complexity index is 622. The van der Waals surface area contributed by atoms with E-state index in [0.29, 0.717) is 18.9 Å². The fourth-order valence-electron chi connectivity index (χ4n) is 1.57. The van der Waals surface area contributed by atoms with Crippen LogP contribution in [-0.2, 0) is 16.6 Å². The van der Waals surface area contributed by atoms with Gasteiger partial charge < -0.3 is 5.32 Å². The van der Waals surface area contributed by atoms with E-state index in [1.54, 1.807) is 24.3 Å². The van der Waals surface area contributed by atoms with Crippen molar-refractivity contribution in [1.82, 2.24) is 19.9 Å². The van der Waals surface area contributed by atoms with Gasteiger partial charge in [0.1, 0.15) is 12.2 Å². The molecule has 0 saturated carbocycles. The summed E-state index contributed by atoms with van der Waals surface area (Å²) in [6.45, 7) is 2.85. The van der Waals surface area contributed by atoms with Gasteiger partial charge in [0.2, 0.25) is 10.0 Å². The first kappa shape index (κ1) is 14.5. The van der Waals surface area contributed by atoms with Gasteiger partial charge in [-0.05, 0) is 30.7 Å². The number of sulfonamides is 1. The number of nitrogens with zero attached hydrogens (tertiary/aromatic N) is 2. The molecule has 2 aromatic rings. The lowest BCUT2D eigenvalue weighted by Crippen LogP contribution is -2.24. The van der Waals surface area contributed by atoms with Crippen molar-refractivity contribution in [3.8, 4) is 0 Å². The molecule has 0 radical (unpaired) electrons. The summed E-state index contributed by atoms with van der Waals surface area (Å²) in [6, 6.07) is 6.58. The molecule has 1 aromatic heterocycles. The van der Waals surface area contributed by atoms with Crippen LogP contribution < -0.4 is 10.0 Å². The summed E-state index contributed by atoms with van der Waals surface area (Å²) in [7, 11) is -3.40. The van der Waals surface area contributed by atoms with Crippen LogP contribution in [0.2, 0.25) is 0 Å². The minimum absolute atomic E-state index is 0.260. The molecule has 0 fully saturated rings. The smallest absolute Gasteiger partial charge is 0.240 e. The Labute approximate surface area is 117 Å². The first-order valence-corrected chi connectivity index (χ1v) is 7.78. The summed E-state index contributed by atoms with van der Waals surface area (Å²) in [6.07, 6.45) is 2.20. The van der Waals surface area contributed by atoms with Crippen molar-refractivity contribution in [3.05, 3.63) is 36.4 Å². The molecule has 3 N–H and O–H groups in total. The Kier molecular flexibility index (Phi) is 4.70. The first-order valence-electron chi connectivity index (χ1n) is 6.29. The molecule has 0 saturated heterocycles. The molecule has 0 aliphatic rings. The van der Waals surface area contributed by atoms with Crippen LogP contribution in [-0.4, -0.2) is 30.1 Å². The molecule has 20 heavy (non-hydrogen) atoms. The van der Waals surface area contributed by atoms with Crippen molar-refractivity contribution in [2.24, 2.45) is 0 Å². The summed E-state index contributed by atoms with van der Waals surface area (Å²) in [5, 5.41) is 9.60. The number of hydrogen-bond acceptors (Lipinski definition) is 5. The van der Waals surface area contributed by atoms with Gasteiger partial charge in [-0.25, -0.2) is 18.1 Å². The average molecular weight is 295 g/mol. The van der Waals surface area contributed by atoms with Crippen LogP contribution in [0.5, 0.6) is 0 Å². The molecular formula is C12H17N5O2S. The average Bonchev–Trinajstić information content (AvgIpc) is 2.97. The van der Waals surface area contributed by atoms with E-state index in [0.717, 1.165) is 12.1 Å². The van der Waals surface area contributed by atoms with Gasteiger partial charge in [0.25, 0.3) is 0 Å². The lowest BCUT2D eigenvalue weighted by Gasteiger charge is -2.07. The zero-order valence-corrected chi connectivity index (χ0v) is 11.9. The van der Waals surface area contributed by atoms with E-state index in [2.05, 4.69) is 25.2 Å². The largest absolute Gasteiger partial charge is 0.378 e. The molecule has 0 spiro atoms. The summed E-state index contributed by atoms with van der Waals surface area (Å²) < 4.78 is 26.3. The summed E-state index contributed by atoms with van der Waals surface area (Å²) in [5.41, 5.74) is 0.816. The number of rotatable bonds is 7. The highest BCUT2D eigenvalue weighted by atomic mass is 32.2. The van der Waals surface area contributed by atoms with Crippen LogP contribution in [0.1, 0.15) is 19.2 Å². The zero-order chi connectivity index (χ0) is 14.4. The molecule has 0 bridgehead atoms. The number of hydrogen-bond donors (Lipinski definition) is 3. The summed E-state index contributed by atoms with van der Waals surface area (Å²) >= 11 is 0. The zero-order valence-electron chi connectivity index (χ0n) is 11.1. The number of aromatic amines is 1. The lowest BCUT2D eigenvalue weighted by atomic mass is 10.3. The van der Waals surface area contributed by atoms with Crippen LogP contribution in [0.25, 0.3) is 0 Å². The maximum atomic E-state index is 11.9. The van der Waals surface area contributed by atoms with Crippen LogP contribution >= 0.6 is 0 Å². The van der Waals surface area contributed by atoms with Crippen molar-refractivity contribution >= 4 is 15.7 Å². The second-order valence-electron chi connectivity index (χ2n) is 4.21. The van der Waals surface area contributed by atoms with Crippen molar-refractivity contribution in [2.75, 3.05) is 11.9 Å². The Morgan fingerprint density at radius 3 is 2.60 bits per heavy atom. The standard InChI is InChI=1S/C12H17N5O2S/c1-2-7-16-20(18,19)11-5-3-10(4-6-11)13-8-12-14-9-15-17-12/h3-6,9,13,16H,2,7-8H2,1H3,(H,14,15,17). The fourth-order valence-corrected chi connectivity index (χ4v) is 2.71. The molecule has 0 aliphatic carbocycles. The van der Waals surface area contributed by atoms with Gasteiger partial charge in [-0.3, -0.25) is 5.10 Å². The van der Waals surface area contributed by atoms with E-state index in [9.17, 15) is 8.42 Å². The van der Waals surface area contributed by atoms with E-state index in [1.807, 2.05) is 6.92 Å². The van der Waals surface area contributed by atoms with Gasteiger partial charge in [-0.15, -0.1) is 0 Å². The molecule has 0 amide bonds. The van der Waals surface area contributed by atoms with Crippen LogP contribution in [0.15, 0.2) is 35.5 Å². The third-order valence-corrected chi connectivity index (χ3v) is 4.11. The second kappa shape index (κ2) is 6.49. The SMILES string of the molecule is CCCNS(=O)(=O)c1ccc(NCc2ncn[nH]2)cc1. The van der Waals surface area contributed by atoms with Gasteiger partial charge in [-0.1, -0.05) is 6.92 Å². The Hall–Kier alpha value is -1.93. The minimum Gasteiger partial charge on any atom is -0.378 e. The van der Waals surface area contributed by atoms with E-state index in [1.165, 1.54) is 6.33 Å². The van der Waals surface area contributed by atoms with E-state index >= 15 is 0 Å². The lowest BCUT2D eigenvalue weighted by molar-refractivity contribution is 0.581. The molecule has 7 nitrogen and oxygen atoms in total. The van der Waals surface area contributed by atoms with Crippen molar-refractivity contribution in [3.63, 3.8) is 0 Å². The Morgan fingerprint density at radius 1 is 1.25 bits per heavy atom. The summed E-state index contributed by atoms with van der Waals surface area (Å²) in [4.78, 5) is 4.25. The number of anilines is 1. The molecule has 1 heterocycles. The Balaban J connectivity index is 1.99. The molecule has 8 heteroatoms. The molecule has 0 aliphatic heterocycles. The van der Waals surface area contributed by atoms with Crippen LogP contribution in [0, 0.1) is 0 Å². The molecule has 0 atom stereocenters. The van der Waals surface area contributed by atoms with Crippen LogP contribution in [0.3, 0.4) is 0 Å². The van der Waals surface area contributed by atoms with E-state index in [4.69, 9.17) is 0 Å². The topological polar surface area (TPSA) is 99.8 Å².